The zero-order chi connectivity index (χ0) is 12.4. The number of phenolic OH excluding ortho intramolecular Hbond substituents is 2. The van der Waals surface area contributed by atoms with E-state index in [0.717, 1.165) is 18.4 Å². The quantitative estimate of drug-likeness (QED) is 0.784. The molecule has 1 aromatic rings. The summed E-state index contributed by atoms with van der Waals surface area (Å²) in [5.41, 5.74) is 2.18. The molecule has 0 saturated heterocycles. The fourth-order valence-corrected chi connectivity index (χ4v) is 2.91. The third-order valence-corrected chi connectivity index (χ3v) is 4.10. The molecular weight excluding hydrogens is 212 g/mol. The van der Waals surface area contributed by atoms with Crippen LogP contribution < -0.4 is 0 Å². The number of fused-ring (bicyclic) bond motifs is 1. The van der Waals surface area contributed by atoms with Crippen molar-refractivity contribution in [2.75, 3.05) is 0 Å². The third kappa shape index (κ3) is 2.41. The monoisotopic (exact) mass is 234 g/mol. The Balaban J connectivity index is 2.23. The van der Waals surface area contributed by atoms with Crippen molar-refractivity contribution in [3.05, 3.63) is 23.3 Å². The van der Waals surface area contributed by atoms with Crippen LogP contribution in [0, 0.1) is 11.8 Å². The smallest absolute Gasteiger partial charge is 0.160 e. The minimum Gasteiger partial charge on any atom is -0.504 e. The highest BCUT2D eigenvalue weighted by Gasteiger charge is 2.27. The normalized spacial score (nSPS) is 23.4. The van der Waals surface area contributed by atoms with Gasteiger partial charge in [0.15, 0.2) is 11.5 Å². The molecule has 1 aliphatic carbocycles. The second kappa shape index (κ2) is 4.99. The predicted octanol–water partition coefficient (Wildman–Crippen LogP) is 3.64. The Bertz CT molecular complexity index is 398. The van der Waals surface area contributed by atoms with Crippen LogP contribution in [-0.2, 0) is 12.8 Å². The molecular formula is C15H22O2. The maximum absolute atomic E-state index is 9.92. The highest BCUT2D eigenvalue weighted by molar-refractivity contribution is 5.50. The van der Waals surface area contributed by atoms with Crippen molar-refractivity contribution in [1.29, 1.82) is 0 Å². The first-order valence-electron chi connectivity index (χ1n) is 6.66. The van der Waals surface area contributed by atoms with Crippen LogP contribution in [0.1, 0.15) is 44.2 Å². The van der Waals surface area contributed by atoms with Crippen molar-refractivity contribution in [3.63, 3.8) is 0 Å². The molecule has 2 N–H and O–H groups in total. The van der Waals surface area contributed by atoms with E-state index in [-0.39, 0.29) is 11.5 Å². The summed E-state index contributed by atoms with van der Waals surface area (Å²) in [5.74, 6) is 1.46. The van der Waals surface area contributed by atoms with Gasteiger partial charge in [-0.3, -0.25) is 0 Å². The van der Waals surface area contributed by atoms with Gasteiger partial charge in [0.25, 0.3) is 0 Å². The van der Waals surface area contributed by atoms with Gasteiger partial charge < -0.3 is 10.2 Å². The number of hydrogen-bond acceptors (Lipinski definition) is 2. The molecule has 0 aromatic heterocycles. The van der Waals surface area contributed by atoms with Gasteiger partial charge in [0.1, 0.15) is 0 Å². The lowest BCUT2D eigenvalue weighted by Crippen LogP contribution is -2.23. The molecule has 17 heavy (non-hydrogen) atoms. The predicted molar refractivity (Wildman–Crippen MR) is 69.4 cm³/mol. The van der Waals surface area contributed by atoms with Crippen molar-refractivity contribution in [2.24, 2.45) is 11.8 Å². The van der Waals surface area contributed by atoms with Crippen LogP contribution in [0.15, 0.2) is 12.1 Å². The zero-order valence-corrected chi connectivity index (χ0v) is 10.7. The number of rotatable bonds is 3. The summed E-state index contributed by atoms with van der Waals surface area (Å²) in [6, 6.07) is 3.56. The van der Waals surface area contributed by atoms with Gasteiger partial charge in [-0.05, 0) is 42.7 Å². The summed E-state index contributed by atoms with van der Waals surface area (Å²) in [6.07, 6.45) is 5.65. The van der Waals surface area contributed by atoms with Gasteiger partial charge in [-0.2, -0.15) is 0 Å². The van der Waals surface area contributed by atoms with Gasteiger partial charge in [0.05, 0.1) is 0 Å². The van der Waals surface area contributed by atoms with Crippen LogP contribution in [-0.4, -0.2) is 10.2 Å². The summed E-state index contributed by atoms with van der Waals surface area (Å²) in [7, 11) is 0. The fourth-order valence-electron chi connectivity index (χ4n) is 2.91. The van der Waals surface area contributed by atoms with E-state index >= 15 is 0 Å². The Kier molecular flexibility index (Phi) is 3.60. The second-order valence-electron chi connectivity index (χ2n) is 5.36. The zero-order valence-electron chi connectivity index (χ0n) is 10.7. The lowest BCUT2D eigenvalue weighted by atomic mass is 9.74. The van der Waals surface area contributed by atoms with E-state index in [1.165, 1.54) is 24.8 Å². The summed E-state index contributed by atoms with van der Waals surface area (Å²) in [4.78, 5) is 0. The Morgan fingerprint density at radius 2 is 2.00 bits per heavy atom. The van der Waals surface area contributed by atoms with Crippen LogP contribution in [0.5, 0.6) is 11.5 Å². The molecule has 2 rings (SSSR count). The molecule has 0 fully saturated rings. The molecule has 1 unspecified atom stereocenters. The van der Waals surface area contributed by atoms with E-state index in [4.69, 9.17) is 0 Å². The number of benzene rings is 1. The van der Waals surface area contributed by atoms with E-state index < -0.39 is 0 Å². The molecule has 1 aromatic carbocycles. The second-order valence-corrected chi connectivity index (χ2v) is 5.36. The maximum Gasteiger partial charge on any atom is 0.160 e. The minimum atomic E-state index is 0.0209. The summed E-state index contributed by atoms with van der Waals surface area (Å²) in [6.45, 7) is 4.51. The Morgan fingerprint density at radius 3 is 2.71 bits per heavy atom. The average molecular weight is 234 g/mol. The molecule has 2 nitrogen and oxygen atoms in total. The Morgan fingerprint density at radius 1 is 1.24 bits per heavy atom. The van der Waals surface area contributed by atoms with E-state index in [1.54, 1.807) is 6.07 Å². The number of unbranched alkanes of at least 4 members (excludes halogenated alkanes) is 1. The van der Waals surface area contributed by atoms with Gasteiger partial charge >= 0.3 is 0 Å². The molecule has 2 heteroatoms. The first-order valence-corrected chi connectivity index (χ1v) is 6.66. The number of aromatic hydroxyl groups is 2. The molecule has 94 valence electrons. The molecule has 0 saturated carbocycles. The molecule has 0 aliphatic heterocycles. The fraction of sp³-hybridized carbons (Fsp3) is 0.600. The van der Waals surface area contributed by atoms with E-state index in [2.05, 4.69) is 13.8 Å². The average Bonchev–Trinajstić information content (AvgIpc) is 2.32. The van der Waals surface area contributed by atoms with Crippen LogP contribution in [0.3, 0.4) is 0 Å². The SMILES string of the molecule is CCCC[C@@H]1Cc2c(ccc(O)c2O)CC1C. The molecule has 0 spiro atoms. The van der Waals surface area contributed by atoms with Crippen molar-refractivity contribution in [2.45, 2.75) is 46.0 Å². The highest BCUT2D eigenvalue weighted by Crippen LogP contribution is 2.40. The van der Waals surface area contributed by atoms with Gasteiger partial charge in [-0.25, -0.2) is 0 Å². The van der Waals surface area contributed by atoms with Gasteiger partial charge in [-0.15, -0.1) is 0 Å². The van der Waals surface area contributed by atoms with Crippen molar-refractivity contribution in [3.8, 4) is 11.5 Å². The van der Waals surface area contributed by atoms with Crippen molar-refractivity contribution in [1.82, 2.24) is 0 Å². The van der Waals surface area contributed by atoms with Gasteiger partial charge in [0, 0.05) is 5.56 Å². The summed E-state index contributed by atoms with van der Waals surface area (Å²) in [5, 5.41) is 19.5. The van der Waals surface area contributed by atoms with Crippen LogP contribution in [0.2, 0.25) is 0 Å². The summed E-state index contributed by atoms with van der Waals surface area (Å²) >= 11 is 0. The Hall–Kier alpha value is -1.18. The number of hydrogen-bond donors (Lipinski definition) is 2. The standard InChI is InChI=1S/C15H22O2/c1-3-4-5-11-9-13-12(8-10(11)2)6-7-14(16)15(13)17/h6-7,10-11,16-17H,3-5,8-9H2,1-2H3/t10?,11-/m1/s1. The molecule has 0 bridgehead atoms. The first kappa shape index (κ1) is 12.3. The van der Waals surface area contributed by atoms with Crippen LogP contribution in [0.4, 0.5) is 0 Å². The Labute approximate surface area is 103 Å². The largest absolute Gasteiger partial charge is 0.504 e. The molecule has 1 aliphatic rings. The molecule has 0 radical (unpaired) electrons. The van der Waals surface area contributed by atoms with Crippen LogP contribution in [0.25, 0.3) is 0 Å². The molecule has 0 amide bonds. The third-order valence-electron chi connectivity index (χ3n) is 4.10. The lowest BCUT2D eigenvalue weighted by molar-refractivity contribution is 0.297. The molecule has 0 heterocycles. The van der Waals surface area contributed by atoms with Crippen LogP contribution >= 0.6 is 0 Å². The first-order chi connectivity index (χ1) is 8.13. The maximum atomic E-state index is 9.92. The van der Waals surface area contributed by atoms with E-state index in [0.29, 0.717) is 11.8 Å². The highest BCUT2D eigenvalue weighted by atomic mass is 16.3. The lowest BCUT2D eigenvalue weighted by Gasteiger charge is -2.31. The van der Waals surface area contributed by atoms with E-state index in [9.17, 15) is 10.2 Å². The molecule has 2 atom stereocenters. The van der Waals surface area contributed by atoms with Gasteiger partial charge in [0.2, 0.25) is 0 Å². The van der Waals surface area contributed by atoms with Crippen molar-refractivity contribution < 1.29 is 10.2 Å². The van der Waals surface area contributed by atoms with Crippen molar-refractivity contribution >= 4 is 0 Å². The topological polar surface area (TPSA) is 40.5 Å². The van der Waals surface area contributed by atoms with E-state index in [1.807, 2.05) is 6.07 Å². The van der Waals surface area contributed by atoms with Gasteiger partial charge in [-0.1, -0.05) is 32.8 Å². The minimum absolute atomic E-state index is 0.0209. The summed E-state index contributed by atoms with van der Waals surface area (Å²) < 4.78 is 0. The number of phenols is 2.